The summed E-state index contributed by atoms with van der Waals surface area (Å²) >= 11 is 1.24. The zero-order valence-corrected chi connectivity index (χ0v) is 16.3. The molecule has 28 heavy (non-hydrogen) atoms. The predicted octanol–water partition coefficient (Wildman–Crippen LogP) is 4.34. The van der Waals surface area contributed by atoms with Gasteiger partial charge in [-0.25, -0.2) is 9.37 Å². The molecular weight excluding hydrogens is 379 g/mol. The minimum Gasteiger partial charge on any atom is -0.452 e. The molecule has 1 N–H and O–H groups in total. The highest BCUT2D eigenvalue weighted by atomic mass is 32.2. The predicted molar refractivity (Wildman–Crippen MR) is 108 cm³/mol. The summed E-state index contributed by atoms with van der Waals surface area (Å²) in [7, 11) is 0. The van der Waals surface area contributed by atoms with E-state index in [0.717, 1.165) is 16.5 Å². The SMILES string of the molecule is Cc1cc(SCC(=O)O[C@@H](C)C(=O)Nc2ccccc2F)nc2ccccc12. The van der Waals surface area contributed by atoms with Gasteiger partial charge in [-0.2, -0.15) is 0 Å². The van der Waals surface area contributed by atoms with Crippen molar-refractivity contribution in [3.8, 4) is 0 Å². The van der Waals surface area contributed by atoms with E-state index >= 15 is 0 Å². The first kappa shape index (κ1) is 19.8. The number of halogens is 1. The quantitative estimate of drug-likeness (QED) is 0.494. The number of thioether (sulfide) groups is 1. The molecule has 0 saturated heterocycles. The van der Waals surface area contributed by atoms with Crippen molar-refractivity contribution >= 4 is 40.2 Å². The average molecular weight is 398 g/mol. The molecule has 0 spiro atoms. The van der Waals surface area contributed by atoms with Crippen molar-refractivity contribution in [3.05, 3.63) is 66.0 Å². The molecule has 0 fully saturated rings. The highest BCUT2D eigenvalue weighted by Gasteiger charge is 2.19. The highest BCUT2D eigenvalue weighted by Crippen LogP contribution is 2.23. The number of carbonyl (C=O) groups is 2. The molecule has 1 aromatic heterocycles. The van der Waals surface area contributed by atoms with Crippen molar-refractivity contribution in [2.24, 2.45) is 0 Å². The molecule has 1 heterocycles. The minimum absolute atomic E-state index is 0.0160. The maximum atomic E-state index is 13.6. The van der Waals surface area contributed by atoms with E-state index in [-0.39, 0.29) is 11.4 Å². The van der Waals surface area contributed by atoms with Crippen molar-refractivity contribution < 1.29 is 18.7 Å². The lowest BCUT2D eigenvalue weighted by molar-refractivity contribution is -0.150. The largest absolute Gasteiger partial charge is 0.452 e. The van der Waals surface area contributed by atoms with Gasteiger partial charge < -0.3 is 10.1 Å². The van der Waals surface area contributed by atoms with E-state index in [1.807, 2.05) is 37.3 Å². The summed E-state index contributed by atoms with van der Waals surface area (Å²) in [6.07, 6.45) is -1.04. The second kappa shape index (κ2) is 8.84. The third-order valence-electron chi connectivity index (χ3n) is 4.05. The molecule has 3 rings (SSSR count). The van der Waals surface area contributed by atoms with E-state index in [1.54, 1.807) is 6.07 Å². The summed E-state index contributed by atoms with van der Waals surface area (Å²) in [6.45, 7) is 3.43. The minimum atomic E-state index is -1.04. The van der Waals surface area contributed by atoms with Crippen LogP contribution in [0, 0.1) is 12.7 Å². The second-order valence-electron chi connectivity index (χ2n) is 6.18. The molecule has 0 aliphatic carbocycles. The number of carbonyl (C=O) groups excluding carboxylic acids is 2. The number of fused-ring (bicyclic) bond motifs is 1. The normalized spacial score (nSPS) is 11.8. The molecule has 1 atom stereocenters. The Morgan fingerprint density at radius 2 is 1.89 bits per heavy atom. The fourth-order valence-electron chi connectivity index (χ4n) is 2.61. The van der Waals surface area contributed by atoms with Gasteiger partial charge in [-0.15, -0.1) is 0 Å². The lowest BCUT2D eigenvalue weighted by Gasteiger charge is -2.14. The first-order valence-corrected chi connectivity index (χ1v) is 9.66. The molecular formula is C21H19FN2O3S. The number of esters is 1. The summed E-state index contributed by atoms with van der Waals surface area (Å²) in [5, 5.41) is 4.17. The number of aromatic nitrogens is 1. The summed E-state index contributed by atoms with van der Waals surface area (Å²) in [4.78, 5) is 28.7. The van der Waals surface area contributed by atoms with Crippen LogP contribution in [0.2, 0.25) is 0 Å². The summed E-state index contributed by atoms with van der Waals surface area (Å²) in [6, 6.07) is 15.5. The monoisotopic (exact) mass is 398 g/mol. The Hall–Kier alpha value is -2.93. The van der Waals surface area contributed by atoms with Crippen LogP contribution in [-0.2, 0) is 14.3 Å². The van der Waals surface area contributed by atoms with Crippen molar-refractivity contribution in [2.75, 3.05) is 11.1 Å². The van der Waals surface area contributed by atoms with Crippen LogP contribution in [0.5, 0.6) is 0 Å². The van der Waals surface area contributed by atoms with Crippen LogP contribution < -0.4 is 5.32 Å². The number of nitrogens with zero attached hydrogens (tertiary/aromatic N) is 1. The van der Waals surface area contributed by atoms with Gasteiger partial charge in [0, 0.05) is 5.39 Å². The molecule has 0 saturated carbocycles. The molecule has 3 aromatic rings. The number of anilines is 1. The number of amides is 1. The third-order valence-corrected chi connectivity index (χ3v) is 4.93. The van der Waals surface area contributed by atoms with Crippen LogP contribution >= 0.6 is 11.8 Å². The third kappa shape index (κ3) is 4.86. The van der Waals surface area contributed by atoms with Crippen LogP contribution in [0.3, 0.4) is 0 Å². The zero-order valence-electron chi connectivity index (χ0n) is 15.4. The van der Waals surface area contributed by atoms with Crippen molar-refractivity contribution in [2.45, 2.75) is 25.0 Å². The Labute approximate surface area is 166 Å². The Bertz CT molecular complexity index is 1030. The van der Waals surface area contributed by atoms with Gasteiger partial charge in [0.2, 0.25) is 0 Å². The first-order valence-electron chi connectivity index (χ1n) is 8.68. The fraction of sp³-hybridized carbons (Fsp3) is 0.190. The van der Waals surface area contributed by atoms with Crippen molar-refractivity contribution in [3.63, 3.8) is 0 Å². The van der Waals surface area contributed by atoms with E-state index in [0.29, 0.717) is 5.03 Å². The second-order valence-corrected chi connectivity index (χ2v) is 7.18. The number of rotatable bonds is 6. The number of para-hydroxylation sites is 2. The van der Waals surface area contributed by atoms with Crippen molar-refractivity contribution in [1.29, 1.82) is 0 Å². The van der Waals surface area contributed by atoms with Gasteiger partial charge in [-0.05, 0) is 43.7 Å². The molecule has 0 bridgehead atoms. The Balaban J connectivity index is 1.55. The standard InChI is InChI=1S/C21H19FN2O3S/c1-13-11-19(23-17-9-5-3-7-15(13)17)28-12-20(25)27-14(2)21(26)24-18-10-6-4-8-16(18)22/h3-11,14H,12H2,1-2H3,(H,24,26)/t14-/m0/s1. The van der Waals surface area contributed by atoms with E-state index in [9.17, 15) is 14.0 Å². The Kier molecular flexibility index (Phi) is 6.26. The maximum absolute atomic E-state index is 13.6. The molecule has 2 aromatic carbocycles. The number of hydrogen-bond donors (Lipinski definition) is 1. The Morgan fingerprint density at radius 1 is 1.18 bits per heavy atom. The van der Waals surface area contributed by atoms with E-state index in [1.165, 1.54) is 36.9 Å². The van der Waals surface area contributed by atoms with E-state index in [4.69, 9.17) is 4.74 Å². The highest BCUT2D eigenvalue weighted by molar-refractivity contribution is 7.99. The number of aryl methyl sites for hydroxylation is 1. The van der Waals surface area contributed by atoms with Crippen molar-refractivity contribution in [1.82, 2.24) is 4.98 Å². The number of pyridine rings is 1. The average Bonchev–Trinajstić information content (AvgIpc) is 2.68. The molecule has 0 radical (unpaired) electrons. The molecule has 1 amide bonds. The van der Waals surface area contributed by atoms with Gasteiger partial charge in [-0.1, -0.05) is 42.1 Å². The van der Waals surface area contributed by atoms with Crippen LogP contribution in [0.25, 0.3) is 10.9 Å². The summed E-state index contributed by atoms with van der Waals surface area (Å²) in [5.74, 6) is -1.68. The van der Waals surface area contributed by atoms with E-state index in [2.05, 4.69) is 10.3 Å². The van der Waals surface area contributed by atoms with Crippen LogP contribution in [0.4, 0.5) is 10.1 Å². The number of benzene rings is 2. The molecule has 0 aliphatic rings. The summed E-state index contributed by atoms with van der Waals surface area (Å²) in [5.41, 5.74) is 1.97. The molecule has 5 nitrogen and oxygen atoms in total. The van der Waals surface area contributed by atoms with Crippen LogP contribution in [0.15, 0.2) is 59.6 Å². The first-order chi connectivity index (χ1) is 13.4. The number of hydrogen-bond acceptors (Lipinski definition) is 5. The summed E-state index contributed by atoms with van der Waals surface area (Å²) < 4.78 is 18.7. The lowest BCUT2D eigenvalue weighted by Crippen LogP contribution is -2.30. The Morgan fingerprint density at radius 3 is 2.68 bits per heavy atom. The van der Waals surface area contributed by atoms with E-state index < -0.39 is 23.8 Å². The smallest absolute Gasteiger partial charge is 0.317 e. The van der Waals surface area contributed by atoms with Gasteiger partial charge in [0.05, 0.1) is 22.0 Å². The van der Waals surface area contributed by atoms with Gasteiger partial charge in [0.15, 0.2) is 6.10 Å². The number of ether oxygens (including phenoxy) is 1. The maximum Gasteiger partial charge on any atom is 0.317 e. The van der Waals surface area contributed by atoms with Gasteiger partial charge in [0.1, 0.15) is 5.82 Å². The zero-order chi connectivity index (χ0) is 20.1. The lowest BCUT2D eigenvalue weighted by atomic mass is 10.1. The number of nitrogens with one attached hydrogen (secondary N) is 1. The van der Waals surface area contributed by atoms with Gasteiger partial charge in [-0.3, -0.25) is 9.59 Å². The topological polar surface area (TPSA) is 68.3 Å². The van der Waals surface area contributed by atoms with Gasteiger partial charge in [0.25, 0.3) is 5.91 Å². The molecule has 0 unspecified atom stereocenters. The fourth-order valence-corrected chi connectivity index (χ4v) is 3.36. The van der Waals surface area contributed by atoms with Gasteiger partial charge >= 0.3 is 5.97 Å². The molecule has 0 aliphatic heterocycles. The van der Waals surface area contributed by atoms with Crippen LogP contribution in [0.1, 0.15) is 12.5 Å². The molecule has 144 valence electrons. The van der Waals surface area contributed by atoms with Crippen LogP contribution in [-0.4, -0.2) is 28.7 Å². The molecule has 7 heteroatoms.